The summed E-state index contributed by atoms with van der Waals surface area (Å²) in [6.45, 7) is 1.45. The molecule has 0 aromatic rings. The molecule has 1 aliphatic heterocycles. The van der Waals surface area contributed by atoms with Gasteiger partial charge in [-0.2, -0.15) is 0 Å². The first-order valence-corrected chi connectivity index (χ1v) is 4.42. The number of halogens is 2. The van der Waals surface area contributed by atoms with Gasteiger partial charge in [-0.15, -0.1) is 0 Å². The van der Waals surface area contributed by atoms with Crippen LogP contribution in [0, 0.1) is 0 Å². The highest BCUT2D eigenvalue weighted by atomic mass is 19.3. The molecule has 0 aromatic carbocycles. The van der Waals surface area contributed by atoms with Crippen molar-refractivity contribution < 1.29 is 13.6 Å². The molecule has 0 saturated carbocycles. The quantitative estimate of drug-likeness (QED) is 0.657. The number of amides is 1. The first kappa shape index (κ1) is 11.3. The minimum atomic E-state index is -2.66. The number of carbonyl (C=O) groups excluding carboxylic acids is 1. The summed E-state index contributed by atoms with van der Waals surface area (Å²) >= 11 is 0. The van der Waals surface area contributed by atoms with Crippen molar-refractivity contribution in [2.24, 2.45) is 11.5 Å². The third kappa shape index (κ3) is 2.62. The number of hydrogen-bond donors (Lipinski definition) is 2. The lowest BCUT2D eigenvalue weighted by Crippen LogP contribution is -2.56. The Morgan fingerprint density at radius 2 is 2.21 bits per heavy atom. The number of rotatable bonds is 3. The van der Waals surface area contributed by atoms with Crippen molar-refractivity contribution in [1.82, 2.24) is 4.90 Å². The zero-order chi connectivity index (χ0) is 11.0. The van der Waals surface area contributed by atoms with Crippen LogP contribution >= 0.6 is 0 Å². The van der Waals surface area contributed by atoms with Crippen molar-refractivity contribution in [1.29, 1.82) is 0 Å². The predicted octanol–water partition coefficient (Wildman–Crippen LogP) is -0.470. The molecule has 1 atom stereocenters. The molecule has 4 nitrogen and oxygen atoms in total. The average Bonchev–Trinajstić information content (AvgIpc) is 2.28. The smallest absolute Gasteiger partial charge is 0.261 e. The second-order valence-electron chi connectivity index (χ2n) is 4.10. The molecule has 1 fully saturated rings. The van der Waals surface area contributed by atoms with Crippen LogP contribution in [0.1, 0.15) is 13.3 Å². The second kappa shape index (κ2) is 3.43. The van der Waals surface area contributed by atoms with E-state index in [2.05, 4.69) is 0 Å². The highest BCUT2D eigenvalue weighted by Crippen LogP contribution is 2.27. The molecular formula is C8H15F2N3O. The van der Waals surface area contributed by atoms with Crippen LogP contribution in [-0.4, -0.2) is 41.9 Å². The van der Waals surface area contributed by atoms with Gasteiger partial charge in [0.1, 0.15) is 5.54 Å². The molecule has 0 radical (unpaired) electrons. The van der Waals surface area contributed by atoms with Gasteiger partial charge in [0.15, 0.2) is 0 Å². The van der Waals surface area contributed by atoms with Gasteiger partial charge in [0.25, 0.3) is 5.92 Å². The molecular weight excluding hydrogens is 192 g/mol. The van der Waals surface area contributed by atoms with Crippen LogP contribution in [0.4, 0.5) is 8.78 Å². The fraction of sp³-hybridized carbons (Fsp3) is 0.875. The van der Waals surface area contributed by atoms with Gasteiger partial charge in [-0.25, -0.2) is 8.78 Å². The Labute approximate surface area is 81.2 Å². The van der Waals surface area contributed by atoms with Crippen LogP contribution in [0.25, 0.3) is 0 Å². The van der Waals surface area contributed by atoms with Gasteiger partial charge in [-0.1, -0.05) is 0 Å². The molecule has 1 unspecified atom stereocenters. The molecule has 14 heavy (non-hydrogen) atoms. The van der Waals surface area contributed by atoms with E-state index >= 15 is 0 Å². The first-order valence-electron chi connectivity index (χ1n) is 4.42. The second-order valence-corrected chi connectivity index (χ2v) is 4.10. The molecule has 4 N–H and O–H groups in total. The first-order chi connectivity index (χ1) is 6.23. The molecule has 1 aliphatic rings. The Kier molecular flexibility index (Phi) is 2.78. The Hall–Kier alpha value is -0.750. The standard InChI is InChI=1S/C8H15F2N3O/c1-7(12,6(11)14)4-13-3-2-8(9,10)5-13/h2-5,12H2,1H3,(H2,11,14). The highest BCUT2D eigenvalue weighted by molar-refractivity contribution is 5.84. The molecule has 1 amide bonds. The Morgan fingerprint density at radius 3 is 2.57 bits per heavy atom. The summed E-state index contributed by atoms with van der Waals surface area (Å²) in [5, 5.41) is 0. The van der Waals surface area contributed by atoms with E-state index in [-0.39, 0.29) is 26.1 Å². The van der Waals surface area contributed by atoms with E-state index in [0.29, 0.717) is 0 Å². The van der Waals surface area contributed by atoms with Gasteiger partial charge in [-0.05, 0) is 6.92 Å². The molecule has 0 spiro atoms. The van der Waals surface area contributed by atoms with Crippen LogP contribution in [0.15, 0.2) is 0 Å². The Bertz CT molecular complexity index is 243. The number of nitrogens with zero attached hydrogens (tertiary/aromatic N) is 1. The zero-order valence-corrected chi connectivity index (χ0v) is 8.09. The van der Waals surface area contributed by atoms with Crippen molar-refractivity contribution in [2.45, 2.75) is 24.8 Å². The number of alkyl halides is 2. The van der Waals surface area contributed by atoms with Gasteiger partial charge in [-0.3, -0.25) is 9.69 Å². The van der Waals surface area contributed by atoms with E-state index in [9.17, 15) is 13.6 Å². The molecule has 6 heteroatoms. The topological polar surface area (TPSA) is 72.3 Å². The molecule has 1 heterocycles. The van der Waals surface area contributed by atoms with E-state index in [1.54, 1.807) is 0 Å². The van der Waals surface area contributed by atoms with E-state index in [1.165, 1.54) is 11.8 Å². The summed E-state index contributed by atoms with van der Waals surface area (Å²) in [7, 11) is 0. The maximum absolute atomic E-state index is 12.8. The van der Waals surface area contributed by atoms with Crippen LogP contribution in [-0.2, 0) is 4.79 Å². The van der Waals surface area contributed by atoms with Crippen molar-refractivity contribution in [3.05, 3.63) is 0 Å². The fourth-order valence-electron chi connectivity index (χ4n) is 1.48. The lowest BCUT2D eigenvalue weighted by molar-refractivity contribution is -0.123. The molecule has 0 bridgehead atoms. The van der Waals surface area contributed by atoms with Gasteiger partial charge in [0.2, 0.25) is 5.91 Å². The number of hydrogen-bond acceptors (Lipinski definition) is 3. The lowest BCUT2D eigenvalue weighted by Gasteiger charge is -2.26. The fourth-order valence-corrected chi connectivity index (χ4v) is 1.48. The molecule has 1 rings (SSSR count). The van der Waals surface area contributed by atoms with Gasteiger partial charge < -0.3 is 11.5 Å². The summed E-state index contributed by atoms with van der Waals surface area (Å²) in [4.78, 5) is 12.3. The zero-order valence-electron chi connectivity index (χ0n) is 8.09. The van der Waals surface area contributed by atoms with Crippen LogP contribution in [0.3, 0.4) is 0 Å². The Morgan fingerprint density at radius 1 is 1.64 bits per heavy atom. The molecule has 1 saturated heterocycles. The summed E-state index contributed by atoms with van der Waals surface area (Å²) in [5.74, 6) is -3.33. The summed E-state index contributed by atoms with van der Waals surface area (Å²) in [5.41, 5.74) is 9.37. The maximum atomic E-state index is 12.8. The lowest BCUT2D eigenvalue weighted by atomic mass is 10.0. The normalized spacial score (nSPS) is 26.0. The predicted molar refractivity (Wildman–Crippen MR) is 47.8 cm³/mol. The molecule has 0 aliphatic carbocycles. The maximum Gasteiger partial charge on any atom is 0.261 e. The third-order valence-electron chi connectivity index (χ3n) is 2.36. The molecule has 82 valence electrons. The largest absolute Gasteiger partial charge is 0.368 e. The van der Waals surface area contributed by atoms with E-state index in [4.69, 9.17) is 11.5 Å². The number of nitrogens with two attached hydrogens (primary N) is 2. The summed E-state index contributed by atoms with van der Waals surface area (Å²) < 4.78 is 25.5. The minimum Gasteiger partial charge on any atom is -0.368 e. The summed E-state index contributed by atoms with van der Waals surface area (Å²) in [6.07, 6.45) is -0.179. The van der Waals surface area contributed by atoms with Crippen LogP contribution < -0.4 is 11.5 Å². The third-order valence-corrected chi connectivity index (χ3v) is 2.36. The number of primary amides is 1. The van der Waals surface area contributed by atoms with Crippen molar-refractivity contribution in [3.63, 3.8) is 0 Å². The molecule has 0 aromatic heterocycles. The van der Waals surface area contributed by atoms with Crippen molar-refractivity contribution >= 4 is 5.91 Å². The van der Waals surface area contributed by atoms with E-state index < -0.39 is 17.4 Å². The van der Waals surface area contributed by atoms with Crippen molar-refractivity contribution in [2.75, 3.05) is 19.6 Å². The van der Waals surface area contributed by atoms with E-state index in [1.807, 2.05) is 0 Å². The van der Waals surface area contributed by atoms with Crippen LogP contribution in [0.2, 0.25) is 0 Å². The average molecular weight is 207 g/mol. The van der Waals surface area contributed by atoms with Gasteiger partial charge in [0.05, 0.1) is 6.54 Å². The minimum absolute atomic E-state index is 0.0813. The Balaban J connectivity index is 2.51. The highest BCUT2D eigenvalue weighted by Gasteiger charge is 2.41. The van der Waals surface area contributed by atoms with Crippen LogP contribution in [0.5, 0.6) is 0 Å². The number of likely N-dealkylation sites (tertiary alicyclic amines) is 1. The summed E-state index contributed by atoms with van der Waals surface area (Å²) in [6, 6.07) is 0. The SMILES string of the molecule is CC(N)(CN1CCC(F)(F)C1)C(N)=O. The van der Waals surface area contributed by atoms with Crippen molar-refractivity contribution in [3.8, 4) is 0 Å². The monoisotopic (exact) mass is 207 g/mol. The van der Waals surface area contributed by atoms with Gasteiger partial charge >= 0.3 is 0 Å². The number of carbonyl (C=O) groups is 1. The van der Waals surface area contributed by atoms with Gasteiger partial charge in [0, 0.05) is 19.5 Å². The van der Waals surface area contributed by atoms with E-state index in [0.717, 1.165) is 0 Å².